The number of carbonyl (C=O) groups is 2. The zero-order valence-electron chi connectivity index (χ0n) is 13.3. The van der Waals surface area contributed by atoms with Crippen LogP contribution in [0.4, 0.5) is 0 Å². The third-order valence-corrected chi connectivity index (χ3v) is 4.47. The Kier molecular flexibility index (Phi) is 4.54. The van der Waals surface area contributed by atoms with Crippen LogP contribution in [-0.2, 0) is 4.79 Å². The largest absolute Gasteiger partial charge is 0.368 e. The maximum atomic E-state index is 12.7. The van der Waals surface area contributed by atoms with Gasteiger partial charge in [-0.15, -0.1) is 10.2 Å². The number of rotatable bonds is 4. The molecule has 8 nitrogen and oxygen atoms in total. The predicted octanol–water partition coefficient (Wildman–Crippen LogP) is 0.970. The molecule has 2 heterocycles. The molecule has 0 atom stereocenters. The minimum atomic E-state index is -0.965. The molecule has 3 N–H and O–H groups in total. The maximum Gasteiger partial charge on any atom is 0.252 e. The highest BCUT2D eigenvalue weighted by Crippen LogP contribution is 2.27. The number of amides is 2. The van der Waals surface area contributed by atoms with Gasteiger partial charge in [-0.25, -0.2) is 4.98 Å². The van der Waals surface area contributed by atoms with E-state index in [1.807, 2.05) is 0 Å². The van der Waals surface area contributed by atoms with Crippen LogP contribution < -0.4 is 11.1 Å². The highest BCUT2D eigenvalue weighted by molar-refractivity contribution is 5.99. The summed E-state index contributed by atoms with van der Waals surface area (Å²) in [4.78, 5) is 28.9. The molecule has 0 radical (unpaired) electrons. The van der Waals surface area contributed by atoms with Crippen molar-refractivity contribution in [3.05, 3.63) is 36.5 Å². The summed E-state index contributed by atoms with van der Waals surface area (Å²) in [6, 6.07) is 3.23. The van der Waals surface area contributed by atoms with Crippen LogP contribution in [0.25, 0.3) is 5.82 Å². The first kappa shape index (κ1) is 16.1. The van der Waals surface area contributed by atoms with Crippen LogP contribution >= 0.6 is 0 Å². The first-order valence-corrected chi connectivity index (χ1v) is 8.04. The number of pyridine rings is 1. The standard InChI is InChI=1S/C16H20N6O2/c17-15(24)16(6-3-1-2-4-7-16)21-14(23)12-5-8-18-13(9-12)22-10-19-20-11-22/h5,8-11H,1-4,6-7H2,(H2,17,24)(H,21,23). The van der Waals surface area contributed by atoms with Crippen LogP contribution in [0.2, 0.25) is 0 Å². The number of nitrogens with zero attached hydrogens (tertiary/aromatic N) is 4. The van der Waals surface area contributed by atoms with Gasteiger partial charge in [0.1, 0.15) is 24.0 Å². The Balaban J connectivity index is 1.83. The van der Waals surface area contributed by atoms with Crippen molar-refractivity contribution in [3.63, 3.8) is 0 Å². The van der Waals surface area contributed by atoms with E-state index in [-0.39, 0.29) is 5.91 Å². The van der Waals surface area contributed by atoms with Crippen LogP contribution in [-0.4, -0.2) is 37.1 Å². The summed E-state index contributed by atoms with van der Waals surface area (Å²) in [7, 11) is 0. The molecule has 1 aliphatic carbocycles. The van der Waals surface area contributed by atoms with Gasteiger partial charge in [-0.3, -0.25) is 14.2 Å². The first-order valence-electron chi connectivity index (χ1n) is 8.04. The number of hydrogen-bond donors (Lipinski definition) is 2. The van der Waals surface area contributed by atoms with Gasteiger partial charge in [-0.1, -0.05) is 25.7 Å². The van der Waals surface area contributed by atoms with Crippen molar-refractivity contribution in [2.75, 3.05) is 0 Å². The fourth-order valence-electron chi connectivity index (χ4n) is 3.07. The Labute approximate surface area is 139 Å². The zero-order valence-corrected chi connectivity index (χ0v) is 13.3. The lowest BCUT2D eigenvalue weighted by molar-refractivity contribution is -0.124. The summed E-state index contributed by atoms with van der Waals surface area (Å²) in [6.45, 7) is 0. The molecule has 0 aliphatic heterocycles. The third-order valence-electron chi connectivity index (χ3n) is 4.47. The summed E-state index contributed by atoms with van der Waals surface area (Å²) < 4.78 is 1.60. The second-order valence-corrected chi connectivity index (χ2v) is 6.09. The molecular weight excluding hydrogens is 308 g/mol. The van der Waals surface area contributed by atoms with Crippen molar-refractivity contribution in [1.82, 2.24) is 25.1 Å². The maximum absolute atomic E-state index is 12.7. The molecule has 3 rings (SSSR count). The fourth-order valence-corrected chi connectivity index (χ4v) is 3.07. The van der Waals surface area contributed by atoms with E-state index >= 15 is 0 Å². The molecule has 2 amide bonds. The quantitative estimate of drug-likeness (QED) is 0.811. The van der Waals surface area contributed by atoms with Crippen molar-refractivity contribution in [3.8, 4) is 5.82 Å². The minimum absolute atomic E-state index is 0.326. The van der Waals surface area contributed by atoms with Crippen LogP contribution in [0.1, 0.15) is 48.9 Å². The topological polar surface area (TPSA) is 116 Å². The molecule has 1 aliphatic rings. The van der Waals surface area contributed by atoms with E-state index in [0.29, 0.717) is 24.2 Å². The van der Waals surface area contributed by atoms with Gasteiger partial charge in [-0.2, -0.15) is 0 Å². The van der Waals surface area contributed by atoms with Crippen LogP contribution in [0.5, 0.6) is 0 Å². The molecule has 0 spiro atoms. The number of carbonyl (C=O) groups excluding carboxylic acids is 2. The first-order chi connectivity index (χ1) is 11.6. The van der Waals surface area contributed by atoms with E-state index in [2.05, 4.69) is 20.5 Å². The summed E-state index contributed by atoms with van der Waals surface area (Å²) in [5, 5.41) is 10.3. The smallest absolute Gasteiger partial charge is 0.252 e. The minimum Gasteiger partial charge on any atom is -0.368 e. The Morgan fingerprint density at radius 2 is 1.79 bits per heavy atom. The summed E-state index contributed by atoms with van der Waals surface area (Å²) >= 11 is 0. The van der Waals surface area contributed by atoms with E-state index in [4.69, 9.17) is 5.73 Å². The highest BCUT2D eigenvalue weighted by atomic mass is 16.2. The van der Waals surface area contributed by atoms with E-state index in [1.54, 1.807) is 16.7 Å². The average molecular weight is 328 g/mol. The Bertz CT molecular complexity index is 720. The number of nitrogens with one attached hydrogen (secondary N) is 1. The third kappa shape index (κ3) is 3.27. The summed E-state index contributed by atoms with van der Waals surface area (Å²) in [5.41, 5.74) is 5.07. The van der Waals surface area contributed by atoms with Gasteiger partial charge in [-0.05, 0) is 25.0 Å². The second kappa shape index (κ2) is 6.77. The molecule has 24 heavy (non-hydrogen) atoms. The van der Waals surface area contributed by atoms with Gasteiger partial charge >= 0.3 is 0 Å². The molecule has 0 aromatic carbocycles. The number of hydrogen-bond acceptors (Lipinski definition) is 5. The van der Waals surface area contributed by atoms with E-state index < -0.39 is 11.4 Å². The monoisotopic (exact) mass is 328 g/mol. The highest BCUT2D eigenvalue weighted by Gasteiger charge is 2.38. The summed E-state index contributed by atoms with van der Waals surface area (Å²) in [5.74, 6) is -0.264. The Hall–Kier alpha value is -2.77. The molecule has 8 heteroatoms. The van der Waals surface area contributed by atoms with Crippen molar-refractivity contribution in [2.24, 2.45) is 5.73 Å². The van der Waals surface area contributed by atoms with Crippen LogP contribution in [0.15, 0.2) is 31.0 Å². The van der Waals surface area contributed by atoms with Gasteiger partial charge in [0.15, 0.2) is 0 Å². The molecule has 2 aromatic heterocycles. The van der Waals surface area contributed by atoms with Gasteiger partial charge in [0.25, 0.3) is 5.91 Å². The molecular formula is C16H20N6O2. The van der Waals surface area contributed by atoms with E-state index in [0.717, 1.165) is 25.7 Å². The zero-order chi connectivity index (χ0) is 17.0. The van der Waals surface area contributed by atoms with Crippen molar-refractivity contribution in [1.29, 1.82) is 0 Å². The normalized spacial score (nSPS) is 17.0. The molecule has 0 saturated heterocycles. The second-order valence-electron chi connectivity index (χ2n) is 6.09. The van der Waals surface area contributed by atoms with Crippen LogP contribution in [0, 0.1) is 0 Å². The molecule has 126 valence electrons. The number of nitrogens with two attached hydrogens (primary N) is 1. The lowest BCUT2D eigenvalue weighted by atomic mass is 9.89. The van der Waals surface area contributed by atoms with Gasteiger partial charge < -0.3 is 11.1 Å². The molecule has 0 unspecified atom stereocenters. The lowest BCUT2D eigenvalue weighted by Crippen LogP contribution is -2.57. The van der Waals surface area contributed by atoms with E-state index in [1.165, 1.54) is 18.9 Å². The Morgan fingerprint density at radius 3 is 2.42 bits per heavy atom. The van der Waals surface area contributed by atoms with Gasteiger partial charge in [0, 0.05) is 11.8 Å². The Morgan fingerprint density at radius 1 is 1.12 bits per heavy atom. The molecule has 2 aromatic rings. The van der Waals surface area contributed by atoms with Crippen LogP contribution in [0.3, 0.4) is 0 Å². The molecule has 1 fully saturated rings. The van der Waals surface area contributed by atoms with Gasteiger partial charge in [0.2, 0.25) is 5.91 Å². The van der Waals surface area contributed by atoms with Crippen molar-refractivity contribution in [2.45, 2.75) is 44.1 Å². The fraction of sp³-hybridized carbons (Fsp3) is 0.438. The van der Waals surface area contributed by atoms with E-state index in [9.17, 15) is 9.59 Å². The predicted molar refractivity (Wildman–Crippen MR) is 86.2 cm³/mol. The summed E-state index contributed by atoms with van der Waals surface area (Å²) in [6.07, 6.45) is 9.57. The van der Waals surface area contributed by atoms with Crippen molar-refractivity contribution >= 4 is 11.8 Å². The lowest BCUT2D eigenvalue weighted by Gasteiger charge is -2.30. The molecule has 0 bridgehead atoms. The molecule has 1 saturated carbocycles. The van der Waals surface area contributed by atoms with Crippen molar-refractivity contribution < 1.29 is 9.59 Å². The SMILES string of the molecule is NC(=O)C1(NC(=O)c2ccnc(-n3cnnc3)c2)CCCCCC1. The van der Waals surface area contributed by atoms with Gasteiger partial charge in [0.05, 0.1) is 0 Å². The average Bonchev–Trinajstić information content (AvgIpc) is 3.02. The number of aromatic nitrogens is 4. The number of primary amides is 1.